The van der Waals surface area contributed by atoms with Gasteiger partial charge in [0.25, 0.3) is 0 Å². The van der Waals surface area contributed by atoms with E-state index >= 15 is 0 Å². The minimum atomic E-state index is -0.729. The summed E-state index contributed by atoms with van der Waals surface area (Å²) in [5.41, 5.74) is 4.80. The Morgan fingerprint density at radius 2 is 1.17 bits per heavy atom. The molecule has 0 saturated heterocycles. The molecule has 3 heteroatoms. The van der Waals surface area contributed by atoms with Crippen LogP contribution in [0, 0.1) is 138 Å². The fourth-order valence-corrected chi connectivity index (χ4v) is 4.29. The van der Waals surface area contributed by atoms with Crippen LogP contribution in [-0.2, 0) is 6.54 Å². The van der Waals surface area contributed by atoms with Crippen LogP contribution < -0.4 is 4.74 Å². The Labute approximate surface area is 282 Å². The van der Waals surface area contributed by atoms with Gasteiger partial charge in [-0.2, -0.15) is 0 Å². The molecule has 4 rings (SSSR count). The summed E-state index contributed by atoms with van der Waals surface area (Å²) in [6, 6.07) is 23.7. The number of aryl methyl sites for hydroxylation is 1. The number of ether oxygens (including phenoxy) is 1. The summed E-state index contributed by atoms with van der Waals surface area (Å²) in [4.78, 5) is 0. The Bertz CT molecular complexity index is 2550. The zero-order valence-corrected chi connectivity index (χ0v) is 25.7. The first-order valence-corrected chi connectivity index (χ1v) is 14.2. The average Bonchev–Trinajstić information content (AvgIpc) is 3.46. The maximum atomic E-state index is 11.2. The number of hydrogen-bond acceptors (Lipinski definition) is 2. The maximum Gasteiger partial charge on any atom is 0.140 e. The van der Waals surface area contributed by atoms with Gasteiger partial charge in [0, 0.05) is 100 Å². The van der Waals surface area contributed by atoms with E-state index in [1.165, 1.54) is 0 Å². The highest BCUT2D eigenvalue weighted by Gasteiger charge is 2.17. The highest BCUT2D eigenvalue weighted by molar-refractivity contribution is 5.85. The molecule has 0 aliphatic carbocycles. The predicted molar refractivity (Wildman–Crippen MR) is 190 cm³/mol. The lowest BCUT2D eigenvalue weighted by Crippen LogP contribution is -2.00. The number of nitrogens with zero attached hydrogens (tertiary/aromatic N) is 1. The number of aromatic nitrogens is 1. The van der Waals surface area contributed by atoms with E-state index in [1.54, 1.807) is 0 Å². The van der Waals surface area contributed by atoms with E-state index in [9.17, 15) is 5.11 Å². The van der Waals surface area contributed by atoms with Gasteiger partial charge in [0.15, 0.2) is 0 Å². The van der Waals surface area contributed by atoms with Gasteiger partial charge < -0.3 is 14.4 Å². The molecule has 1 N–H and O–H groups in total. The molecule has 4 aromatic rings. The van der Waals surface area contributed by atoms with Gasteiger partial charge >= 0.3 is 0 Å². The number of aliphatic hydroxyl groups is 1. The van der Waals surface area contributed by atoms with Crippen LogP contribution in [0.2, 0.25) is 0 Å². The molecule has 1 heterocycles. The van der Waals surface area contributed by atoms with Crippen molar-refractivity contribution in [2.45, 2.75) is 19.6 Å². The molecule has 0 radical (unpaired) electrons. The first kappa shape index (κ1) is 33.0. The van der Waals surface area contributed by atoms with Gasteiger partial charge in [-0.05, 0) is 89.2 Å². The van der Waals surface area contributed by atoms with Crippen LogP contribution in [0.5, 0.6) is 5.75 Å². The van der Waals surface area contributed by atoms with Crippen LogP contribution in [0.1, 0.15) is 28.4 Å². The third-order valence-corrected chi connectivity index (χ3v) is 6.11. The topological polar surface area (TPSA) is 34.4 Å². The van der Waals surface area contributed by atoms with Crippen LogP contribution in [0.3, 0.4) is 0 Å². The molecule has 0 aliphatic rings. The van der Waals surface area contributed by atoms with Crippen LogP contribution in [0.4, 0.5) is 0 Å². The number of fused-ring (bicyclic) bond motifs is 1. The highest BCUT2D eigenvalue weighted by atomic mass is 16.5. The van der Waals surface area contributed by atoms with E-state index in [0.29, 0.717) is 12.3 Å². The van der Waals surface area contributed by atoms with Crippen molar-refractivity contribution in [3.8, 4) is 137 Å². The minimum absolute atomic E-state index is 0.589. The van der Waals surface area contributed by atoms with E-state index in [2.05, 4.69) is 141 Å². The van der Waals surface area contributed by atoms with Crippen molar-refractivity contribution in [3.63, 3.8) is 0 Å². The van der Waals surface area contributed by atoms with E-state index in [1.807, 2.05) is 73.8 Å². The Balaban J connectivity index is 1.33. The molecule has 1 unspecified atom stereocenters. The van der Waals surface area contributed by atoms with Crippen molar-refractivity contribution in [1.29, 1.82) is 0 Å². The average molecular weight is 608 g/mol. The van der Waals surface area contributed by atoms with Gasteiger partial charge in [-0.1, -0.05) is 54.6 Å². The standard InChI is InChI=1S/C45H21NO2/c1-3-4-5-6-7-8-9-10-11-12-13-14-15-16-17-18-19-20-21-27-32-48-41-34-38(2)33-39(35-41)36-46-37-43(42-30-25-26-31-44(42)46)45(47)40-28-23-22-24-29-40/h1,22-26,28-31,33-35,37,45,47H,36H2,2H3. The molecule has 0 bridgehead atoms. The molecule has 48 heavy (non-hydrogen) atoms. The Kier molecular flexibility index (Phi) is 12.9. The lowest BCUT2D eigenvalue weighted by Gasteiger charge is -2.10. The third kappa shape index (κ3) is 10.7. The summed E-state index contributed by atoms with van der Waals surface area (Å²) in [6.45, 7) is 2.59. The number of terminal acetylenes is 1. The van der Waals surface area contributed by atoms with Crippen molar-refractivity contribution in [2.75, 3.05) is 0 Å². The van der Waals surface area contributed by atoms with Gasteiger partial charge in [-0.15, -0.1) is 6.42 Å². The Morgan fingerprint density at radius 3 is 1.75 bits per heavy atom. The molecule has 218 valence electrons. The van der Waals surface area contributed by atoms with Crippen LogP contribution >= 0.6 is 0 Å². The van der Waals surface area contributed by atoms with Gasteiger partial charge in [0.05, 0.1) is 0 Å². The second-order valence-electron chi connectivity index (χ2n) is 9.42. The maximum absolute atomic E-state index is 11.2. The fraction of sp³-hybridized carbons (Fsp3) is 0.0667. The number of para-hydroxylation sites is 1. The molecular formula is C45H21NO2. The third-order valence-electron chi connectivity index (χ3n) is 6.11. The van der Waals surface area contributed by atoms with E-state index in [0.717, 1.165) is 33.2 Å². The van der Waals surface area contributed by atoms with Crippen LogP contribution in [0.15, 0.2) is 79.0 Å². The van der Waals surface area contributed by atoms with Gasteiger partial charge in [0.1, 0.15) is 18.0 Å². The Morgan fingerprint density at radius 1 is 0.646 bits per heavy atom. The van der Waals surface area contributed by atoms with Crippen molar-refractivity contribution in [1.82, 2.24) is 4.57 Å². The van der Waals surface area contributed by atoms with Crippen molar-refractivity contribution < 1.29 is 9.84 Å². The lowest BCUT2D eigenvalue weighted by atomic mass is 10.0. The van der Waals surface area contributed by atoms with Crippen LogP contribution in [-0.4, -0.2) is 9.67 Å². The smallest absolute Gasteiger partial charge is 0.140 e. The molecule has 0 saturated carbocycles. The largest absolute Gasteiger partial charge is 0.407 e. The summed E-state index contributed by atoms with van der Waals surface area (Å²) < 4.78 is 7.78. The van der Waals surface area contributed by atoms with Gasteiger partial charge in [-0.3, -0.25) is 0 Å². The molecule has 0 aliphatic heterocycles. The van der Waals surface area contributed by atoms with E-state index in [4.69, 9.17) is 11.2 Å². The molecular weight excluding hydrogens is 587 g/mol. The highest BCUT2D eigenvalue weighted by Crippen LogP contribution is 2.31. The second kappa shape index (κ2) is 18.7. The summed E-state index contributed by atoms with van der Waals surface area (Å²) >= 11 is 0. The van der Waals surface area contributed by atoms with Gasteiger partial charge in [0.2, 0.25) is 0 Å². The minimum Gasteiger partial charge on any atom is -0.407 e. The normalized spacial score (nSPS) is 8.60. The molecule has 3 nitrogen and oxygen atoms in total. The predicted octanol–water partition coefficient (Wildman–Crippen LogP) is 5.08. The number of aliphatic hydroxyl groups excluding tert-OH is 1. The van der Waals surface area contributed by atoms with E-state index < -0.39 is 6.10 Å². The van der Waals surface area contributed by atoms with Crippen molar-refractivity contribution in [3.05, 3.63) is 101 Å². The molecule has 0 amide bonds. The number of hydrogen-bond donors (Lipinski definition) is 1. The molecule has 1 atom stereocenters. The van der Waals surface area contributed by atoms with Crippen LogP contribution in [0.25, 0.3) is 10.9 Å². The molecule has 0 spiro atoms. The summed E-state index contributed by atoms with van der Waals surface area (Å²) in [6.07, 6.45) is 8.85. The monoisotopic (exact) mass is 607 g/mol. The fourth-order valence-electron chi connectivity index (χ4n) is 4.29. The number of benzene rings is 3. The van der Waals surface area contributed by atoms with Crippen molar-refractivity contribution in [2.24, 2.45) is 0 Å². The molecule has 0 fully saturated rings. The zero-order valence-electron chi connectivity index (χ0n) is 25.7. The summed E-state index contributed by atoms with van der Waals surface area (Å²) in [5, 5.41) is 12.2. The quantitative estimate of drug-likeness (QED) is 0.321. The first-order valence-electron chi connectivity index (χ1n) is 14.2. The molecule has 1 aromatic heterocycles. The summed E-state index contributed by atoms with van der Waals surface area (Å²) in [7, 11) is 0. The Hall–Kier alpha value is -7.88. The number of rotatable bonds is 5. The van der Waals surface area contributed by atoms with Gasteiger partial charge in [-0.25, -0.2) is 0 Å². The lowest BCUT2D eigenvalue weighted by molar-refractivity contribution is 0.221. The SMILES string of the molecule is C#CC#CC#CC#CC#CC#CC#CC#CC#CC#CC#COc1cc(C)cc(Cn2cc(C(O)c3ccccc3)c3ccccc32)c1. The van der Waals surface area contributed by atoms with E-state index in [-0.39, 0.29) is 0 Å². The summed E-state index contributed by atoms with van der Waals surface area (Å²) in [5.74, 6) is 50.6. The van der Waals surface area contributed by atoms with Crippen molar-refractivity contribution >= 4 is 10.9 Å². The first-order chi connectivity index (χ1) is 23.7. The molecule has 3 aromatic carbocycles. The second-order valence-corrected chi connectivity index (χ2v) is 9.42. The zero-order chi connectivity index (χ0) is 33.7.